The molecule has 134 valence electrons. The van der Waals surface area contributed by atoms with Gasteiger partial charge in [0, 0.05) is 37.7 Å². The fourth-order valence-electron chi connectivity index (χ4n) is 3.08. The molecule has 1 aliphatic heterocycles. The normalized spacial score (nSPS) is 13.2. The van der Waals surface area contributed by atoms with Gasteiger partial charge in [0.15, 0.2) is 5.82 Å². The Morgan fingerprint density at radius 3 is 2.92 bits per heavy atom. The van der Waals surface area contributed by atoms with Crippen molar-refractivity contribution in [1.82, 2.24) is 19.8 Å². The van der Waals surface area contributed by atoms with E-state index in [0.717, 1.165) is 33.5 Å². The number of amides is 2. The smallest absolute Gasteiger partial charge is 0.234 e. The van der Waals surface area contributed by atoms with Crippen molar-refractivity contribution in [2.75, 3.05) is 16.8 Å². The Labute approximate surface area is 153 Å². The number of aryl methyl sites for hydroxylation is 2. The molecule has 0 fully saturated rings. The molecule has 0 radical (unpaired) electrons. The zero-order valence-electron chi connectivity index (χ0n) is 14.5. The highest BCUT2D eigenvalue weighted by Gasteiger charge is 2.22. The van der Waals surface area contributed by atoms with Gasteiger partial charge in [0.25, 0.3) is 0 Å². The number of aromatic nitrogens is 4. The van der Waals surface area contributed by atoms with Gasteiger partial charge in [0.1, 0.15) is 5.01 Å². The summed E-state index contributed by atoms with van der Waals surface area (Å²) in [6.07, 6.45) is 1.73. The second-order valence-electron chi connectivity index (χ2n) is 6.25. The summed E-state index contributed by atoms with van der Waals surface area (Å²) in [5, 5.41) is 16.1. The molecule has 0 bridgehead atoms. The van der Waals surface area contributed by atoms with Gasteiger partial charge >= 0.3 is 0 Å². The number of hydrogen-bond donors (Lipinski definition) is 1. The Morgan fingerprint density at radius 2 is 2.15 bits per heavy atom. The zero-order chi connectivity index (χ0) is 18.3. The molecule has 26 heavy (non-hydrogen) atoms. The van der Waals surface area contributed by atoms with Gasteiger partial charge in [-0.1, -0.05) is 17.4 Å². The van der Waals surface area contributed by atoms with E-state index in [-0.39, 0.29) is 11.8 Å². The molecule has 1 aromatic carbocycles. The monoisotopic (exact) mass is 370 g/mol. The summed E-state index contributed by atoms with van der Waals surface area (Å²) in [6.45, 7) is 4.10. The lowest BCUT2D eigenvalue weighted by atomic mass is 10.1. The lowest BCUT2D eigenvalue weighted by Gasteiger charge is -2.15. The SMILES string of the molecule is CC(=O)N1CCc2ccc(NC(=O)CCc3nn4c(C)nnc4s3)cc21. The minimum Gasteiger partial charge on any atom is -0.326 e. The van der Waals surface area contributed by atoms with E-state index in [1.165, 1.54) is 11.3 Å². The molecule has 1 N–H and O–H groups in total. The van der Waals surface area contributed by atoms with Gasteiger partial charge < -0.3 is 10.2 Å². The standard InChI is InChI=1S/C17H18N6O2S/c1-10-19-20-17-23(10)21-16(26-17)6-5-15(25)18-13-4-3-12-7-8-22(11(2)24)14(12)9-13/h3-4,9H,5-8H2,1-2H3,(H,18,25). The predicted octanol–water partition coefficient (Wildman–Crippen LogP) is 1.97. The third-order valence-electron chi connectivity index (χ3n) is 4.40. The molecule has 2 amide bonds. The summed E-state index contributed by atoms with van der Waals surface area (Å²) in [4.78, 5) is 26.5. The van der Waals surface area contributed by atoms with E-state index in [4.69, 9.17) is 0 Å². The van der Waals surface area contributed by atoms with Gasteiger partial charge in [-0.05, 0) is 31.0 Å². The third kappa shape index (κ3) is 3.05. The highest BCUT2D eigenvalue weighted by molar-refractivity contribution is 7.16. The van der Waals surface area contributed by atoms with Crippen LogP contribution in [0.5, 0.6) is 0 Å². The molecule has 0 aliphatic carbocycles. The predicted molar refractivity (Wildman–Crippen MR) is 98.5 cm³/mol. The Kier molecular flexibility index (Phi) is 4.15. The van der Waals surface area contributed by atoms with Crippen LogP contribution < -0.4 is 10.2 Å². The van der Waals surface area contributed by atoms with Crippen LogP contribution >= 0.6 is 11.3 Å². The average molecular weight is 370 g/mol. The number of carbonyl (C=O) groups excluding carboxylic acids is 2. The molecule has 3 aromatic rings. The van der Waals surface area contributed by atoms with Crippen molar-refractivity contribution in [3.05, 3.63) is 34.6 Å². The molecule has 2 aromatic heterocycles. The van der Waals surface area contributed by atoms with Crippen LogP contribution in [0.4, 0.5) is 11.4 Å². The maximum atomic E-state index is 12.3. The Bertz CT molecular complexity index is 1010. The van der Waals surface area contributed by atoms with Crippen molar-refractivity contribution in [3.8, 4) is 0 Å². The first-order valence-corrected chi connectivity index (χ1v) is 9.21. The molecule has 1 aliphatic rings. The molecule has 0 saturated carbocycles. The van der Waals surface area contributed by atoms with Gasteiger partial charge in [-0.15, -0.1) is 10.2 Å². The summed E-state index contributed by atoms with van der Waals surface area (Å²) < 4.78 is 1.69. The number of carbonyl (C=O) groups is 2. The lowest BCUT2D eigenvalue weighted by molar-refractivity contribution is -0.117. The van der Waals surface area contributed by atoms with Crippen LogP contribution in [0.2, 0.25) is 0 Å². The molecular weight excluding hydrogens is 352 g/mol. The Hall–Kier alpha value is -2.81. The van der Waals surface area contributed by atoms with E-state index in [9.17, 15) is 9.59 Å². The molecule has 9 heteroatoms. The quantitative estimate of drug-likeness (QED) is 0.758. The first-order valence-electron chi connectivity index (χ1n) is 8.40. The number of nitrogens with zero attached hydrogens (tertiary/aromatic N) is 5. The summed E-state index contributed by atoms with van der Waals surface area (Å²) in [5.74, 6) is 0.672. The first kappa shape index (κ1) is 16.6. The number of rotatable bonds is 4. The number of hydrogen-bond acceptors (Lipinski definition) is 6. The van der Waals surface area contributed by atoms with Crippen molar-refractivity contribution in [2.24, 2.45) is 0 Å². The van der Waals surface area contributed by atoms with E-state index in [1.54, 1.807) is 16.3 Å². The topological polar surface area (TPSA) is 92.5 Å². The fraction of sp³-hybridized carbons (Fsp3) is 0.353. The van der Waals surface area contributed by atoms with Gasteiger partial charge in [-0.2, -0.15) is 9.61 Å². The summed E-state index contributed by atoms with van der Waals surface area (Å²) in [6, 6.07) is 5.72. The molecule has 0 spiro atoms. The molecular formula is C17H18N6O2S. The van der Waals surface area contributed by atoms with Crippen molar-refractivity contribution in [2.45, 2.75) is 33.1 Å². The van der Waals surface area contributed by atoms with Crippen LogP contribution in [-0.2, 0) is 22.4 Å². The van der Waals surface area contributed by atoms with Gasteiger partial charge in [-0.3, -0.25) is 9.59 Å². The zero-order valence-corrected chi connectivity index (χ0v) is 15.3. The lowest BCUT2D eigenvalue weighted by Crippen LogP contribution is -2.25. The van der Waals surface area contributed by atoms with Crippen LogP contribution in [-0.4, -0.2) is 38.2 Å². The van der Waals surface area contributed by atoms with E-state index in [1.807, 2.05) is 25.1 Å². The van der Waals surface area contributed by atoms with Gasteiger partial charge in [0.2, 0.25) is 16.8 Å². The van der Waals surface area contributed by atoms with Crippen LogP contribution in [0.1, 0.15) is 29.7 Å². The molecule has 3 heterocycles. The van der Waals surface area contributed by atoms with Crippen LogP contribution in [0, 0.1) is 6.92 Å². The van der Waals surface area contributed by atoms with Gasteiger partial charge in [-0.25, -0.2) is 0 Å². The minimum absolute atomic E-state index is 0.0193. The summed E-state index contributed by atoms with van der Waals surface area (Å²) in [5.41, 5.74) is 2.73. The number of benzene rings is 1. The van der Waals surface area contributed by atoms with Gasteiger partial charge in [0.05, 0.1) is 0 Å². The molecule has 8 nitrogen and oxygen atoms in total. The Morgan fingerprint density at radius 1 is 1.31 bits per heavy atom. The van der Waals surface area contributed by atoms with Crippen LogP contribution in [0.3, 0.4) is 0 Å². The van der Waals surface area contributed by atoms with E-state index < -0.39 is 0 Å². The molecule has 0 unspecified atom stereocenters. The van der Waals surface area contributed by atoms with Crippen LogP contribution in [0.15, 0.2) is 18.2 Å². The van der Waals surface area contributed by atoms with Crippen molar-refractivity contribution >= 4 is 39.5 Å². The minimum atomic E-state index is -0.0833. The highest BCUT2D eigenvalue weighted by atomic mass is 32.1. The summed E-state index contributed by atoms with van der Waals surface area (Å²) >= 11 is 1.44. The largest absolute Gasteiger partial charge is 0.326 e. The maximum Gasteiger partial charge on any atom is 0.234 e. The van der Waals surface area contributed by atoms with Crippen molar-refractivity contribution < 1.29 is 9.59 Å². The number of nitrogens with one attached hydrogen (secondary N) is 1. The van der Waals surface area contributed by atoms with Crippen molar-refractivity contribution in [1.29, 1.82) is 0 Å². The second kappa shape index (κ2) is 6.49. The fourth-order valence-corrected chi connectivity index (χ4v) is 3.96. The number of anilines is 2. The van der Waals surface area contributed by atoms with E-state index >= 15 is 0 Å². The Balaban J connectivity index is 1.40. The van der Waals surface area contributed by atoms with Crippen molar-refractivity contribution in [3.63, 3.8) is 0 Å². The number of fused-ring (bicyclic) bond motifs is 2. The second-order valence-corrected chi connectivity index (χ2v) is 7.29. The molecule has 0 saturated heterocycles. The maximum absolute atomic E-state index is 12.3. The highest BCUT2D eigenvalue weighted by Crippen LogP contribution is 2.31. The summed E-state index contributed by atoms with van der Waals surface area (Å²) in [7, 11) is 0. The third-order valence-corrected chi connectivity index (χ3v) is 5.36. The average Bonchev–Trinajstić information content (AvgIpc) is 3.28. The van der Waals surface area contributed by atoms with Crippen LogP contribution in [0.25, 0.3) is 4.96 Å². The van der Waals surface area contributed by atoms with E-state index in [2.05, 4.69) is 20.6 Å². The molecule has 4 rings (SSSR count). The molecule has 0 atom stereocenters. The first-order chi connectivity index (χ1) is 12.5. The van der Waals surface area contributed by atoms with E-state index in [0.29, 0.717) is 25.1 Å².